The number of carbonyl (C=O) groups excluding carboxylic acids is 3. The van der Waals surface area contributed by atoms with Gasteiger partial charge in [0.05, 0.1) is 13.2 Å². The van der Waals surface area contributed by atoms with Gasteiger partial charge in [0.1, 0.15) is 5.82 Å². The molecule has 28 heavy (non-hydrogen) atoms. The number of benzene rings is 1. The molecule has 1 aromatic rings. The van der Waals surface area contributed by atoms with Crippen LogP contribution in [0.4, 0.5) is 4.39 Å². The van der Waals surface area contributed by atoms with Crippen molar-refractivity contribution < 1.29 is 23.5 Å². The van der Waals surface area contributed by atoms with Gasteiger partial charge in [-0.05, 0) is 30.0 Å². The molecule has 6 nitrogen and oxygen atoms in total. The van der Waals surface area contributed by atoms with Crippen LogP contribution < -0.4 is 0 Å². The summed E-state index contributed by atoms with van der Waals surface area (Å²) in [5.74, 6) is -0.536. The van der Waals surface area contributed by atoms with E-state index in [4.69, 9.17) is 0 Å². The van der Waals surface area contributed by atoms with Crippen LogP contribution in [0.1, 0.15) is 45.1 Å². The molecule has 0 unspecified atom stereocenters. The molecule has 0 aromatic heterocycles. The van der Waals surface area contributed by atoms with E-state index in [1.54, 1.807) is 21.9 Å². The number of ether oxygens (including phenoxy) is 1. The number of esters is 1. The Balaban J connectivity index is 2.06. The maximum atomic E-state index is 13.2. The number of rotatable bonds is 7. The fourth-order valence-corrected chi connectivity index (χ4v) is 3.41. The maximum absolute atomic E-state index is 13.2. The number of hydrogen-bond acceptors (Lipinski definition) is 4. The highest BCUT2D eigenvalue weighted by atomic mass is 19.1. The van der Waals surface area contributed by atoms with Crippen LogP contribution >= 0.6 is 0 Å². The SMILES string of the molecule is COC(=O)CCCC(=O)N1CCC(=O)N(Cc2ccc(F)cc2)[C@H](C(C)C)C1. The summed E-state index contributed by atoms with van der Waals surface area (Å²) in [7, 11) is 1.33. The Morgan fingerprint density at radius 2 is 1.89 bits per heavy atom. The first-order valence-corrected chi connectivity index (χ1v) is 9.70. The first-order valence-electron chi connectivity index (χ1n) is 9.70. The minimum atomic E-state index is -0.329. The van der Waals surface area contributed by atoms with Gasteiger partial charge in [-0.3, -0.25) is 14.4 Å². The Bertz CT molecular complexity index is 690. The molecule has 1 aromatic carbocycles. The number of hydrogen-bond donors (Lipinski definition) is 0. The van der Waals surface area contributed by atoms with E-state index in [1.165, 1.54) is 19.2 Å². The van der Waals surface area contributed by atoms with Gasteiger partial charge in [-0.25, -0.2) is 4.39 Å². The van der Waals surface area contributed by atoms with Crippen LogP contribution in [0.25, 0.3) is 0 Å². The molecule has 0 spiro atoms. The standard InChI is InChI=1S/C21H29FN2O4/c1-15(2)18-14-23(19(25)5-4-6-21(27)28-3)12-11-20(26)24(18)13-16-7-9-17(22)10-8-16/h7-10,15,18H,4-6,11-14H2,1-3H3/t18-/m0/s1. The summed E-state index contributed by atoms with van der Waals surface area (Å²) >= 11 is 0. The van der Waals surface area contributed by atoms with Crippen molar-refractivity contribution in [3.63, 3.8) is 0 Å². The largest absolute Gasteiger partial charge is 0.469 e. The summed E-state index contributed by atoms with van der Waals surface area (Å²) in [5.41, 5.74) is 0.859. The summed E-state index contributed by atoms with van der Waals surface area (Å²) in [6.07, 6.45) is 1.15. The Labute approximate surface area is 165 Å². The van der Waals surface area contributed by atoms with Crippen molar-refractivity contribution in [2.24, 2.45) is 5.92 Å². The molecule has 1 aliphatic rings. The van der Waals surface area contributed by atoms with Crippen LogP contribution in [0.5, 0.6) is 0 Å². The van der Waals surface area contributed by atoms with Crippen LogP contribution in [0.2, 0.25) is 0 Å². The summed E-state index contributed by atoms with van der Waals surface area (Å²) < 4.78 is 17.8. The molecule has 2 rings (SSSR count). The second-order valence-electron chi connectivity index (χ2n) is 7.48. The first-order chi connectivity index (χ1) is 13.3. The third-order valence-electron chi connectivity index (χ3n) is 5.11. The van der Waals surface area contributed by atoms with Crippen molar-refractivity contribution in [1.82, 2.24) is 9.80 Å². The quantitative estimate of drug-likeness (QED) is 0.669. The molecule has 1 atom stereocenters. The average molecular weight is 392 g/mol. The number of carbonyl (C=O) groups is 3. The second-order valence-corrected chi connectivity index (χ2v) is 7.48. The van der Waals surface area contributed by atoms with Gasteiger partial charge < -0.3 is 14.5 Å². The van der Waals surface area contributed by atoms with Crippen LogP contribution in [0, 0.1) is 11.7 Å². The maximum Gasteiger partial charge on any atom is 0.305 e. The van der Waals surface area contributed by atoms with Crippen LogP contribution in [-0.4, -0.2) is 53.8 Å². The van der Waals surface area contributed by atoms with Crippen molar-refractivity contribution in [3.8, 4) is 0 Å². The Hall–Kier alpha value is -2.44. The molecular formula is C21H29FN2O4. The topological polar surface area (TPSA) is 66.9 Å². The van der Waals surface area contributed by atoms with Gasteiger partial charge in [0, 0.05) is 38.9 Å². The summed E-state index contributed by atoms with van der Waals surface area (Å²) in [6, 6.07) is 6.02. The predicted octanol–water partition coefficient (Wildman–Crippen LogP) is 2.75. The van der Waals surface area contributed by atoms with Crippen molar-refractivity contribution in [1.29, 1.82) is 0 Å². The second kappa shape index (κ2) is 10.2. The summed E-state index contributed by atoms with van der Waals surface area (Å²) in [6.45, 7) is 5.29. The Morgan fingerprint density at radius 3 is 2.50 bits per heavy atom. The highest BCUT2D eigenvalue weighted by Gasteiger charge is 2.33. The monoisotopic (exact) mass is 392 g/mol. The highest BCUT2D eigenvalue weighted by Crippen LogP contribution is 2.22. The predicted molar refractivity (Wildman–Crippen MR) is 103 cm³/mol. The van der Waals surface area contributed by atoms with Crippen LogP contribution in [-0.2, 0) is 25.7 Å². The molecule has 0 saturated carbocycles. The molecule has 154 valence electrons. The molecule has 2 amide bonds. The number of methoxy groups -OCH3 is 1. The molecular weight excluding hydrogens is 363 g/mol. The lowest BCUT2D eigenvalue weighted by molar-refractivity contribution is -0.141. The van der Waals surface area contributed by atoms with E-state index in [0.29, 0.717) is 26.1 Å². The number of halogens is 1. The fourth-order valence-electron chi connectivity index (χ4n) is 3.41. The van der Waals surface area contributed by atoms with E-state index >= 15 is 0 Å². The van der Waals surface area contributed by atoms with Gasteiger partial charge in [-0.15, -0.1) is 0 Å². The van der Waals surface area contributed by atoms with Gasteiger partial charge >= 0.3 is 5.97 Å². The van der Waals surface area contributed by atoms with Crippen molar-refractivity contribution in [3.05, 3.63) is 35.6 Å². The molecule has 1 saturated heterocycles. The zero-order valence-corrected chi connectivity index (χ0v) is 16.8. The van der Waals surface area contributed by atoms with E-state index in [9.17, 15) is 18.8 Å². The lowest BCUT2D eigenvalue weighted by Gasteiger charge is -2.34. The molecule has 7 heteroatoms. The van der Waals surface area contributed by atoms with Gasteiger partial charge in [-0.1, -0.05) is 26.0 Å². The van der Waals surface area contributed by atoms with Crippen molar-refractivity contribution in [2.45, 2.75) is 52.1 Å². The van der Waals surface area contributed by atoms with E-state index < -0.39 is 0 Å². The zero-order valence-electron chi connectivity index (χ0n) is 16.8. The van der Waals surface area contributed by atoms with Gasteiger partial charge in [0.25, 0.3) is 0 Å². The van der Waals surface area contributed by atoms with Crippen LogP contribution in [0.3, 0.4) is 0 Å². The molecule has 0 aliphatic carbocycles. The normalized spacial score (nSPS) is 17.6. The molecule has 1 heterocycles. The Kier molecular flexibility index (Phi) is 7.96. The van der Waals surface area contributed by atoms with E-state index in [0.717, 1.165) is 5.56 Å². The van der Waals surface area contributed by atoms with E-state index in [1.807, 2.05) is 13.8 Å². The lowest BCUT2D eigenvalue weighted by Crippen LogP contribution is -2.47. The minimum Gasteiger partial charge on any atom is -0.469 e. The lowest BCUT2D eigenvalue weighted by atomic mass is 10.0. The molecule has 0 bridgehead atoms. The van der Waals surface area contributed by atoms with Crippen molar-refractivity contribution >= 4 is 17.8 Å². The minimum absolute atomic E-state index is 0.00659. The van der Waals surface area contributed by atoms with Gasteiger partial charge in [0.2, 0.25) is 11.8 Å². The van der Waals surface area contributed by atoms with Crippen molar-refractivity contribution in [2.75, 3.05) is 20.2 Å². The molecule has 0 radical (unpaired) electrons. The smallest absolute Gasteiger partial charge is 0.305 e. The zero-order chi connectivity index (χ0) is 20.7. The number of nitrogens with zero attached hydrogens (tertiary/aromatic N) is 2. The van der Waals surface area contributed by atoms with E-state index in [-0.39, 0.29) is 54.8 Å². The summed E-state index contributed by atoms with van der Waals surface area (Å²) in [5, 5.41) is 0. The summed E-state index contributed by atoms with van der Waals surface area (Å²) in [4.78, 5) is 40.1. The number of amides is 2. The molecule has 0 N–H and O–H groups in total. The average Bonchev–Trinajstić information content (AvgIpc) is 2.83. The Morgan fingerprint density at radius 1 is 1.21 bits per heavy atom. The molecule has 1 fully saturated rings. The van der Waals surface area contributed by atoms with Gasteiger partial charge in [0.15, 0.2) is 0 Å². The molecule has 1 aliphatic heterocycles. The fraction of sp³-hybridized carbons (Fsp3) is 0.571. The van der Waals surface area contributed by atoms with E-state index in [2.05, 4.69) is 4.74 Å². The third-order valence-corrected chi connectivity index (χ3v) is 5.11. The highest BCUT2D eigenvalue weighted by molar-refractivity contribution is 5.81. The first kappa shape index (κ1) is 21.9. The third kappa shape index (κ3) is 6.04. The van der Waals surface area contributed by atoms with Gasteiger partial charge in [-0.2, -0.15) is 0 Å². The van der Waals surface area contributed by atoms with Crippen LogP contribution in [0.15, 0.2) is 24.3 Å².